The van der Waals surface area contributed by atoms with Crippen molar-refractivity contribution in [2.24, 2.45) is 7.05 Å². The molecule has 1 aliphatic rings. The number of rotatable bonds is 3. The van der Waals surface area contributed by atoms with Gasteiger partial charge in [0, 0.05) is 37.3 Å². The highest BCUT2D eigenvalue weighted by Crippen LogP contribution is 2.36. The number of aryl methyl sites for hydroxylation is 3. The summed E-state index contributed by atoms with van der Waals surface area (Å²) in [6.45, 7) is 1.84. The molecule has 3 aromatic rings. The highest BCUT2D eigenvalue weighted by molar-refractivity contribution is 5.96. The van der Waals surface area contributed by atoms with E-state index in [9.17, 15) is 9.59 Å². The lowest BCUT2D eigenvalue weighted by Crippen LogP contribution is -2.21. The molecule has 0 saturated carbocycles. The first kappa shape index (κ1) is 17.3. The molecule has 1 amide bonds. The molecule has 2 aromatic carbocycles. The SMILES string of the molecule is Cc1cc(-c2ccc3c(c2Cc2ccccc2)NC(=O)CC3)cn(C)c1=O. The smallest absolute Gasteiger partial charge is 0.253 e. The van der Waals surface area contributed by atoms with Gasteiger partial charge in [0.1, 0.15) is 0 Å². The number of anilines is 1. The Morgan fingerprint density at radius 3 is 2.56 bits per heavy atom. The first-order chi connectivity index (χ1) is 13.0. The number of hydrogen-bond acceptors (Lipinski definition) is 2. The molecule has 4 rings (SSSR count). The van der Waals surface area contributed by atoms with Crippen molar-refractivity contribution in [2.45, 2.75) is 26.2 Å². The van der Waals surface area contributed by atoms with E-state index in [1.807, 2.05) is 37.4 Å². The summed E-state index contributed by atoms with van der Waals surface area (Å²) in [5.74, 6) is 0.0607. The van der Waals surface area contributed by atoms with E-state index in [1.54, 1.807) is 11.6 Å². The summed E-state index contributed by atoms with van der Waals surface area (Å²) in [4.78, 5) is 24.2. The van der Waals surface area contributed by atoms with Crippen molar-refractivity contribution in [2.75, 3.05) is 5.32 Å². The first-order valence-electron chi connectivity index (χ1n) is 9.19. The predicted molar refractivity (Wildman–Crippen MR) is 108 cm³/mol. The Morgan fingerprint density at radius 2 is 1.81 bits per heavy atom. The van der Waals surface area contributed by atoms with Crippen LogP contribution in [0.25, 0.3) is 11.1 Å². The lowest BCUT2D eigenvalue weighted by atomic mass is 9.88. The van der Waals surface area contributed by atoms with Gasteiger partial charge in [-0.2, -0.15) is 0 Å². The van der Waals surface area contributed by atoms with Crippen molar-refractivity contribution in [1.29, 1.82) is 0 Å². The third-order valence-electron chi connectivity index (χ3n) is 5.18. The van der Waals surface area contributed by atoms with Crippen LogP contribution in [0, 0.1) is 6.92 Å². The molecule has 1 aromatic heterocycles. The molecule has 0 bridgehead atoms. The van der Waals surface area contributed by atoms with Crippen molar-refractivity contribution < 1.29 is 4.79 Å². The van der Waals surface area contributed by atoms with Crippen molar-refractivity contribution in [3.8, 4) is 11.1 Å². The van der Waals surface area contributed by atoms with Gasteiger partial charge in [0.2, 0.25) is 5.91 Å². The molecule has 0 aliphatic carbocycles. The lowest BCUT2D eigenvalue weighted by Gasteiger charge is -2.23. The number of hydrogen-bond donors (Lipinski definition) is 1. The lowest BCUT2D eigenvalue weighted by molar-refractivity contribution is -0.116. The zero-order valence-corrected chi connectivity index (χ0v) is 15.6. The number of carbonyl (C=O) groups is 1. The molecule has 0 atom stereocenters. The molecule has 0 radical (unpaired) electrons. The maximum Gasteiger partial charge on any atom is 0.253 e. The fourth-order valence-corrected chi connectivity index (χ4v) is 3.79. The summed E-state index contributed by atoms with van der Waals surface area (Å²) in [7, 11) is 1.77. The molecule has 0 unspecified atom stereocenters. The molecular weight excluding hydrogens is 336 g/mol. The van der Waals surface area contributed by atoms with E-state index in [0.717, 1.165) is 35.2 Å². The van der Waals surface area contributed by atoms with Crippen LogP contribution in [0.4, 0.5) is 5.69 Å². The highest BCUT2D eigenvalue weighted by Gasteiger charge is 2.21. The van der Waals surface area contributed by atoms with Crippen LogP contribution in [0.5, 0.6) is 0 Å². The van der Waals surface area contributed by atoms with Crippen molar-refractivity contribution in [3.05, 3.63) is 87.3 Å². The third kappa shape index (κ3) is 3.31. The van der Waals surface area contributed by atoms with Crippen LogP contribution in [-0.2, 0) is 24.7 Å². The molecule has 1 N–H and O–H groups in total. The Balaban J connectivity index is 1.92. The van der Waals surface area contributed by atoms with E-state index < -0.39 is 0 Å². The topological polar surface area (TPSA) is 51.1 Å². The largest absolute Gasteiger partial charge is 0.326 e. The van der Waals surface area contributed by atoms with Gasteiger partial charge in [-0.3, -0.25) is 9.59 Å². The Hall–Kier alpha value is -3.14. The fourth-order valence-electron chi connectivity index (χ4n) is 3.79. The van der Waals surface area contributed by atoms with Gasteiger partial charge in [0.15, 0.2) is 0 Å². The molecule has 136 valence electrons. The second kappa shape index (κ2) is 6.88. The molecule has 4 nitrogen and oxygen atoms in total. The minimum Gasteiger partial charge on any atom is -0.326 e. The summed E-state index contributed by atoms with van der Waals surface area (Å²) >= 11 is 0. The Labute approximate surface area is 158 Å². The maximum absolute atomic E-state index is 12.1. The summed E-state index contributed by atoms with van der Waals surface area (Å²) in [5.41, 5.74) is 7.15. The highest BCUT2D eigenvalue weighted by atomic mass is 16.1. The molecule has 2 heterocycles. The number of carbonyl (C=O) groups excluding carboxylic acids is 1. The summed E-state index contributed by atoms with van der Waals surface area (Å²) in [6, 6.07) is 16.4. The predicted octanol–water partition coefficient (Wildman–Crippen LogP) is 3.84. The molecule has 1 aliphatic heterocycles. The van der Waals surface area contributed by atoms with E-state index in [4.69, 9.17) is 0 Å². The van der Waals surface area contributed by atoms with Crippen LogP contribution in [0.1, 0.15) is 28.7 Å². The van der Waals surface area contributed by atoms with E-state index in [2.05, 4.69) is 29.6 Å². The van der Waals surface area contributed by atoms with Crippen LogP contribution >= 0.6 is 0 Å². The number of benzene rings is 2. The van der Waals surface area contributed by atoms with E-state index in [1.165, 1.54) is 11.1 Å². The molecule has 27 heavy (non-hydrogen) atoms. The van der Waals surface area contributed by atoms with Gasteiger partial charge in [0.05, 0.1) is 0 Å². The van der Waals surface area contributed by atoms with E-state index in [0.29, 0.717) is 12.0 Å². The van der Waals surface area contributed by atoms with Crippen LogP contribution in [0.15, 0.2) is 59.5 Å². The summed E-state index contributed by atoms with van der Waals surface area (Å²) in [5, 5.41) is 3.09. The standard InChI is InChI=1S/C23H22N2O2/c1-15-12-18(14-25(2)23(15)27)19-10-8-17-9-11-21(26)24-22(17)20(19)13-16-6-4-3-5-7-16/h3-8,10,12,14H,9,11,13H2,1-2H3,(H,24,26). The Bertz CT molecular complexity index is 1060. The second-order valence-electron chi connectivity index (χ2n) is 7.16. The van der Waals surface area contributed by atoms with Gasteiger partial charge >= 0.3 is 0 Å². The van der Waals surface area contributed by atoms with E-state index in [-0.39, 0.29) is 11.5 Å². The minimum atomic E-state index is 0.00891. The normalized spacial score (nSPS) is 13.2. The average Bonchev–Trinajstić information content (AvgIpc) is 2.67. The molecular formula is C23H22N2O2. The number of pyridine rings is 1. The van der Waals surface area contributed by atoms with Crippen LogP contribution in [0.3, 0.4) is 0 Å². The van der Waals surface area contributed by atoms with Gasteiger partial charge in [-0.15, -0.1) is 0 Å². The van der Waals surface area contributed by atoms with Crippen LogP contribution in [0.2, 0.25) is 0 Å². The monoisotopic (exact) mass is 358 g/mol. The molecule has 4 heteroatoms. The second-order valence-corrected chi connectivity index (χ2v) is 7.16. The zero-order valence-electron chi connectivity index (χ0n) is 15.6. The Kier molecular flexibility index (Phi) is 4.40. The first-order valence-corrected chi connectivity index (χ1v) is 9.19. The number of nitrogens with one attached hydrogen (secondary N) is 1. The van der Waals surface area contributed by atoms with Crippen molar-refractivity contribution >= 4 is 11.6 Å². The number of aromatic nitrogens is 1. The Morgan fingerprint density at radius 1 is 1.04 bits per heavy atom. The average molecular weight is 358 g/mol. The fraction of sp³-hybridized carbons (Fsp3) is 0.217. The van der Waals surface area contributed by atoms with Gasteiger partial charge in [0.25, 0.3) is 5.56 Å². The molecule has 0 fully saturated rings. The van der Waals surface area contributed by atoms with Crippen molar-refractivity contribution in [3.63, 3.8) is 0 Å². The van der Waals surface area contributed by atoms with Crippen LogP contribution < -0.4 is 10.9 Å². The number of amides is 1. The van der Waals surface area contributed by atoms with Gasteiger partial charge in [-0.25, -0.2) is 0 Å². The summed E-state index contributed by atoms with van der Waals surface area (Å²) < 4.78 is 1.62. The van der Waals surface area contributed by atoms with Gasteiger partial charge < -0.3 is 9.88 Å². The zero-order chi connectivity index (χ0) is 19.0. The van der Waals surface area contributed by atoms with Gasteiger partial charge in [-0.1, -0.05) is 42.5 Å². The van der Waals surface area contributed by atoms with E-state index >= 15 is 0 Å². The minimum absolute atomic E-state index is 0.00891. The number of fused-ring (bicyclic) bond motifs is 1. The van der Waals surface area contributed by atoms with Gasteiger partial charge in [-0.05, 0) is 47.2 Å². The number of nitrogens with zero attached hydrogens (tertiary/aromatic N) is 1. The summed E-state index contributed by atoms with van der Waals surface area (Å²) in [6.07, 6.45) is 3.88. The van der Waals surface area contributed by atoms with Crippen LogP contribution in [-0.4, -0.2) is 10.5 Å². The molecule has 0 spiro atoms. The third-order valence-corrected chi connectivity index (χ3v) is 5.18. The van der Waals surface area contributed by atoms with Crippen molar-refractivity contribution in [1.82, 2.24) is 4.57 Å². The maximum atomic E-state index is 12.1. The molecule has 0 saturated heterocycles. The quantitative estimate of drug-likeness (QED) is 0.773.